The highest BCUT2D eigenvalue weighted by Gasteiger charge is 2.65. The normalized spacial score (nSPS) is 18.1. The third-order valence-electron chi connectivity index (χ3n) is 2.65. The van der Waals surface area contributed by atoms with Crippen LogP contribution in [0.15, 0.2) is 35.4 Å². The topological polar surface area (TPSA) is 25.2 Å². The molecule has 0 aliphatic rings. The summed E-state index contributed by atoms with van der Waals surface area (Å²) in [5.74, 6) is 0. The molecular weight excluding hydrogens is 289 g/mol. The number of halogens is 5. The molecule has 2 rings (SSSR count). The number of rotatable bonds is 3. The Morgan fingerprint density at radius 1 is 1.16 bits per heavy atom. The molecular formula is C11H12F5NOS. The van der Waals surface area contributed by atoms with Gasteiger partial charge in [-0.1, -0.05) is 19.4 Å². The molecule has 19 heavy (non-hydrogen) atoms. The van der Waals surface area contributed by atoms with Crippen LogP contribution in [-0.4, -0.2) is 15.8 Å². The van der Waals surface area contributed by atoms with Gasteiger partial charge in [-0.3, -0.25) is 0 Å². The van der Waals surface area contributed by atoms with Crippen LogP contribution in [0.4, 0.5) is 19.4 Å². The van der Waals surface area contributed by atoms with Crippen LogP contribution in [0.25, 0.3) is 10.9 Å². The average molecular weight is 301 g/mol. The molecule has 0 aliphatic heterocycles. The second kappa shape index (κ2) is 3.43. The Kier molecular flexibility index (Phi) is 2.55. The van der Waals surface area contributed by atoms with Gasteiger partial charge in [0.2, 0.25) is 0 Å². The summed E-state index contributed by atoms with van der Waals surface area (Å²) in [7, 11) is -9.64. The average Bonchev–Trinajstić information content (AvgIpc) is 2.57. The van der Waals surface area contributed by atoms with Gasteiger partial charge in [-0.25, -0.2) is 0 Å². The quantitative estimate of drug-likeness (QED) is 0.818. The van der Waals surface area contributed by atoms with Gasteiger partial charge in [0.25, 0.3) is 0 Å². The van der Waals surface area contributed by atoms with Crippen molar-refractivity contribution in [2.45, 2.75) is 24.5 Å². The van der Waals surface area contributed by atoms with Crippen LogP contribution in [-0.2, 0) is 6.54 Å². The summed E-state index contributed by atoms with van der Waals surface area (Å²) in [5.41, 5.74) is 0.367. The number of aliphatic hydroxyl groups is 1. The molecule has 1 aromatic carbocycles. The van der Waals surface area contributed by atoms with Crippen LogP contribution < -0.4 is 0 Å². The molecule has 0 bridgehead atoms. The van der Waals surface area contributed by atoms with Crippen LogP contribution in [0.3, 0.4) is 0 Å². The summed E-state index contributed by atoms with van der Waals surface area (Å²) >= 11 is 0. The third-order valence-corrected chi connectivity index (χ3v) is 3.79. The highest BCUT2D eigenvalue weighted by molar-refractivity contribution is 8.45. The molecule has 1 aromatic heterocycles. The molecule has 2 aromatic rings. The standard InChI is InChI=1S/C11H12F5NOS/c1-8(18)7-17-5-4-9-6-10(2-3-11(9)17)19(12,13,14,15)16/h2-6,8,18H,7H2,1H3. The van der Waals surface area contributed by atoms with Crippen molar-refractivity contribution in [2.24, 2.45) is 0 Å². The van der Waals surface area contributed by atoms with E-state index < -0.39 is 21.2 Å². The van der Waals surface area contributed by atoms with Crippen molar-refractivity contribution in [3.05, 3.63) is 30.5 Å². The fourth-order valence-electron chi connectivity index (χ4n) is 1.86. The number of fused-ring (bicyclic) bond motifs is 1. The van der Waals surface area contributed by atoms with Crippen molar-refractivity contribution in [3.63, 3.8) is 0 Å². The van der Waals surface area contributed by atoms with Crippen molar-refractivity contribution in [3.8, 4) is 0 Å². The predicted molar refractivity (Wildman–Crippen MR) is 65.0 cm³/mol. The van der Waals surface area contributed by atoms with Crippen LogP contribution >= 0.6 is 10.2 Å². The molecule has 0 fully saturated rings. The van der Waals surface area contributed by atoms with Crippen molar-refractivity contribution < 1.29 is 24.5 Å². The number of nitrogens with zero attached hydrogens (tertiary/aromatic N) is 1. The largest absolute Gasteiger partial charge is 0.392 e. The Bertz CT molecular complexity index is 631. The number of benzene rings is 1. The number of hydrogen-bond donors (Lipinski definition) is 1. The molecule has 0 saturated heterocycles. The van der Waals surface area contributed by atoms with Gasteiger partial charge in [-0.2, -0.15) is 0 Å². The van der Waals surface area contributed by atoms with E-state index in [0.29, 0.717) is 17.6 Å². The molecule has 0 amide bonds. The highest BCUT2D eigenvalue weighted by Crippen LogP contribution is 3.02. The first-order chi connectivity index (χ1) is 8.36. The minimum atomic E-state index is -9.64. The van der Waals surface area contributed by atoms with E-state index >= 15 is 0 Å². The van der Waals surface area contributed by atoms with Crippen LogP contribution in [0.1, 0.15) is 6.92 Å². The van der Waals surface area contributed by atoms with E-state index in [1.807, 2.05) is 0 Å². The van der Waals surface area contributed by atoms with Gasteiger partial charge in [-0.15, -0.1) is 0 Å². The maximum atomic E-state index is 12.6. The molecule has 0 saturated carbocycles. The van der Waals surface area contributed by atoms with Crippen LogP contribution in [0.5, 0.6) is 0 Å². The summed E-state index contributed by atoms with van der Waals surface area (Å²) in [5, 5.41) is 9.30. The molecule has 1 N–H and O–H groups in total. The van der Waals surface area contributed by atoms with Gasteiger partial charge in [0, 0.05) is 23.6 Å². The lowest BCUT2D eigenvalue weighted by molar-refractivity contribution is 0.175. The van der Waals surface area contributed by atoms with Gasteiger partial charge in [0.15, 0.2) is 0 Å². The van der Waals surface area contributed by atoms with Gasteiger partial charge >= 0.3 is 10.2 Å². The highest BCUT2D eigenvalue weighted by atomic mass is 32.5. The number of hydrogen-bond acceptors (Lipinski definition) is 1. The third kappa shape index (κ3) is 3.01. The van der Waals surface area contributed by atoms with Crippen LogP contribution in [0.2, 0.25) is 0 Å². The van der Waals surface area contributed by atoms with Crippen molar-refractivity contribution in [1.82, 2.24) is 4.57 Å². The fourth-order valence-corrected chi connectivity index (χ4v) is 2.54. The maximum absolute atomic E-state index is 12.6. The molecule has 0 radical (unpaired) electrons. The molecule has 1 atom stereocenters. The van der Waals surface area contributed by atoms with Gasteiger partial charge in [0.05, 0.1) is 6.10 Å². The molecule has 1 heterocycles. The zero-order valence-corrected chi connectivity index (χ0v) is 10.7. The Balaban J connectivity index is 2.57. The summed E-state index contributed by atoms with van der Waals surface area (Å²) in [6.45, 7) is 1.70. The first-order valence-corrected chi connectivity index (χ1v) is 7.33. The Labute approximate surface area is 106 Å². The van der Waals surface area contributed by atoms with Crippen molar-refractivity contribution in [1.29, 1.82) is 0 Å². The molecule has 0 spiro atoms. The minimum Gasteiger partial charge on any atom is -0.392 e. The van der Waals surface area contributed by atoms with Crippen LogP contribution in [0, 0.1) is 0 Å². The van der Waals surface area contributed by atoms with Gasteiger partial charge in [0.1, 0.15) is 4.90 Å². The van der Waals surface area contributed by atoms with Crippen molar-refractivity contribution in [2.75, 3.05) is 0 Å². The predicted octanol–water partition coefficient (Wildman–Crippen LogP) is 4.68. The lowest BCUT2D eigenvalue weighted by Gasteiger charge is -2.40. The van der Waals surface area contributed by atoms with E-state index in [2.05, 4.69) is 0 Å². The fraction of sp³-hybridized carbons (Fsp3) is 0.273. The zero-order chi connectivity index (χ0) is 14.5. The van der Waals surface area contributed by atoms with E-state index in [1.54, 1.807) is 0 Å². The molecule has 2 nitrogen and oxygen atoms in total. The number of aliphatic hydroxyl groups excluding tert-OH is 1. The first kappa shape index (κ1) is 14.1. The SMILES string of the molecule is CC(O)Cn1ccc2cc(S(F)(F)(F)(F)F)ccc21. The van der Waals surface area contributed by atoms with E-state index in [-0.39, 0.29) is 11.9 Å². The van der Waals surface area contributed by atoms with Gasteiger partial charge in [-0.05, 0) is 31.2 Å². The molecule has 8 heteroatoms. The second-order valence-electron chi connectivity index (χ2n) is 4.51. The van der Waals surface area contributed by atoms with E-state index in [9.17, 15) is 24.5 Å². The van der Waals surface area contributed by atoms with E-state index in [0.717, 1.165) is 6.07 Å². The first-order valence-electron chi connectivity index (χ1n) is 5.38. The summed E-state index contributed by atoms with van der Waals surface area (Å²) in [6.07, 6.45) is 0.762. The Morgan fingerprint density at radius 2 is 1.79 bits per heavy atom. The molecule has 1 unspecified atom stereocenters. The van der Waals surface area contributed by atoms with E-state index in [4.69, 9.17) is 0 Å². The van der Waals surface area contributed by atoms with Crippen molar-refractivity contribution >= 4 is 21.1 Å². The second-order valence-corrected chi connectivity index (χ2v) is 6.92. The molecule has 108 valence electrons. The zero-order valence-electron chi connectivity index (χ0n) is 9.86. The Morgan fingerprint density at radius 3 is 2.32 bits per heavy atom. The molecule has 0 aliphatic carbocycles. The summed E-state index contributed by atoms with van der Waals surface area (Å²) in [6, 6.07) is 3.12. The minimum absolute atomic E-state index is 0.0615. The summed E-state index contributed by atoms with van der Waals surface area (Å²) in [4.78, 5) is -1.90. The smallest absolute Gasteiger partial charge is 0.310 e. The maximum Gasteiger partial charge on any atom is 0.310 e. The van der Waals surface area contributed by atoms with E-state index in [1.165, 1.54) is 23.8 Å². The Hall–Kier alpha value is -1.28. The lowest BCUT2D eigenvalue weighted by atomic mass is 10.2. The summed E-state index contributed by atoms with van der Waals surface area (Å²) < 4.78 is 64.7. The number of aromatic nitrogens is 1. The monoisotopic (exact) mass is 301 g/mol. The lowest BCUT2D eigenvalue weighted by Crippen LogP contribution is -2.10. The van der Waals surface area contributed by atoms with Gasteiger partial charge < -0.3 is 9.67 Å².